The summed E-state index contributed by atoms with van der Waals surface area (Å²) in [5, 5.41) is 3.23. The van der Waals surface area contributed by atoms with Crippen LogP contribution in [0.15, 0.2) is 60.9 Å². The number of hydrogen-bond donors (Lipinski definition) is 2. The summed E-state index contributed by atoms with van der Waals surface area (Å²) in [6, 6.07) is 18.0. The van der Waals surface area contributed by atoms with Crippen LogP contribution in [0.4, 0.5) is 23.0 Å². The highest BCUT2D eigenvalue weighted by molar-refractivity contribution is 5.95. The molecule has 0 aliphatic carbocycles. The number of piperidine rings is 1. The first-order chi connectivity index (χ1) is 14.6. The van der Waals surface area contributed by atoms with Crippen molar-refractivity contribution >= 4 is 28.8 Å². The van der Waals surface area contributed by atoms with Crippen molar-refractivity contribution < 1.29 is 4.79 Å². The lowest BCUT2D eigenvalue weighted by atomic mass is 9.90. The molecule has 2 aromatic carbocycles. The number of Topliss-reactive ketones (excluding diaryl/α,β-unsaturated/α-hetero) is 1. The highest BCUT2D eigenvalue weighted by Crippen LogP contribution is 2.32. The van der Waals surface area contributed by atoms with E-state index in [4.69, 9.17) is 5.73 Å². The van der Waals surface area contributed by atoms with Gasteiger partial charge in [-0.25, -0.2) is 9.97 Å². The van der Waals surface area contributed by atoms with Crippen LogP contribution in [0.2, 0.25) is 0 Å². The lowest BCUT2D eigenvalue weighted by Gasteiger charge is -2.33. The Morgan fingerprint density at radius 3 is 2.60 bits per heavy atom. The van der Waals surface area contributed by atoms with Crippen molar-refractivity contribution in [2.45, 2.75) is 26.2 Å². The zero-order valence-electron chi connectivity index (χ0n) is 17.2. The standard InChI is InChI=1S/C24H27N5O/c1-17(30)20-8-5-9-21(15-20)28-23-22(25)24(27-16-26-23)29-12-10-19(11-13-29)14-18-6-3-2-4-7-18/h2-9,15-16,19H,10-14,25H2,1H3,(H,26,27,28). The van der Waals surface area contributed by atoms with Gasteiger partial charge in [-0.05, 0) is 49.8 Å². The number of ketones is 1. The molecule has 0 radical (unpaired) electrons. The molecule has 0 atom stereocenters. The van der Waals surface area contributed by atoms with Crippen LogP contribution in [0.1, 0.15) is 35.7 Å². The lowest BCUT2D eigenvalue weighted by Crippen LogP contribution is -2.35. The zero-order chi connectivity index (χ0) is 20.9. The predicted molar refractivity (Wildman–Crippen MR) is 121 cm³/mol. The van der Waals surface area contributed by atoms with E-state index in [1.807, 2.05) is 12.1 Å². The van der Waals surface area contributed by atoms with Crippen LogP contribution in [-0.2, 0) is 6.42 Å². The molecule has 1 saturated heterocycles. The molecule has 6 heteroatoms. The molecule has 0 unspecified atom stereocenters. The number of benzene rings is 2. The van der Waals surface area contributed by atoms with E-state index in [-0.39, 0.29) is 5.78 Å². The van der Waals surface area contributed by atoms with Crippen molar-refractivity contribution in [1.29, 1.82) is 0 Å². The number of nitrogens with two attached hydrogens (primary N) is 1. The molecule has 30 heavy (non-hydrogen) atoms. The summed E-state index contributed by atoms with van der Waals surface area (Å²) in [5.74, 6) is 2.03. The van der Waals surface area contributed by atoms with E-state index in [0.29, 0.717) is 23.0 Å². The van der Waals surface area contributed by atoms with Gasteiger partial charge in [0.25, 0.3) is 0 Å². The second-order valence-corrected chi connectivity index (χ2v) is 7.84. The third kappa shape index (κ3) is 4.59. The third-order valence-electron chi connectivity index (χ3n) is 5.68. The molecule has 0 amide bonds. The molecule has 6 nitrogen and oxygen atoms in total. The van der Waals surface area contributed by atoms with E-state index in [9.17, 15) is 4.79 Å². The van der Waals surface area contributed by atoms with E-state index < -0.39 is 0 Å². The summed E-state index contributed by atoms with van der Waals surface area (Å²) in [4.78, 5) is 22.7. The fourth-order valence-corrected chi connectivity index (χ4v) is 3.99. The quantitative estimate of drug-likeness (QED) is 0.593. The number of rotatable bonds is 6. The first kappa shape index (κ1) is 19.9. The number of carbonyl (C=O) groups is 1. The van der Waals surface area contributed by atoms with Crippen molar-refractivity contribution in [3.05, 3.63) is 72.1 Å². The Morgan fingerprint density at radius 1 is 1.10 bits per heavy atom. The normalized spacial score (nSPS) is 14.5. The van der Waals surface area contributed by atoms with Gasteiger partial charge in [0, 0.05) is 24.3 Å². The summed E-state index contributed by atoms with van der Waals surface area (Å²) in [7, 11) is 0. The van der Waals surface area contributed by atoms with Crippen molar-refractivity contribution in [2.75, 3.05) is 29.0 Å². The molecule has 0 spiro atoms. The monoisotopic (exact) mass is 401 g/mol. The minimum atomic E-state index is 0.0216. The maximum Gasteiger partial charge on any atom is 0.159 e. The first-order valence-corrected chi connectivity index (χ1v) is 10.4. The SMILES string of the molecule is CC(=O)c1cccc(Nc2ncnc(N3CCC(Cc4ccccc4)CC3)c2N)c1. The van der Waals surface area contributed by atoms with Crippen LogP contribution >= 0.6 is 0 Å². The van der Waals surface area contributed by atoms with E-state index in [1.165, 1.54) is 5.56 Å². The van der Waals surface area contributed by atoms with Gasteiger partial charge < -0.3 is 16.0 Å². The van der Waals surface area contributed by atoms with Gasteiger partial charge in [0.2, 0.25) is 0 Å². The van der Waals surface area contributed by atoms with E-state index >= 15 is 0 Å². The number of nitrogen functional groups attached to an aromatic ring is 1. The van der Waals surface area contributed by atoms with E-state index in [1.54, 1.807) is 25.4 Å². The van der Waals surface area contributed by atoms with Crippen LogP contribution in [0.5, 0.6) is 0 Å². The van der Waals surface area contributed by atoms with Crippen LogP contribution < -0.4 is 16.0 Å². The average Bonchev–Trinajstić information content (AvgIpc) is 2.77. The summed E-state index contributed by atoms with van der Waals surface area (Å²) in [6.45, 7) is 3.41. The highest BCUT2D eigenvalue weighted by Gasteiger charge is 2.23. The number of nitrogens with zero attached hydrogens (tertiary/aromatic N) is 3. The van der Waals surface area contributed by atoms with Crippen molar-refractivity contribution in [1.82, 2.24) is 9.97 Å². The summed E-state index contributed by atoms with van der Waals surface area (Å²) in [5.41, 5.74) is 9.78. The number of hydrogen-bond acceptors (Lipinski definition) is 6. The number of aromatic nitrogens is 2. The van der Waals surface area contributed by atoms with Gasteiger partial charge in [-0.15, -0.1) is 0 Å². The second kappa shape index (κ2) is 8.95. The Morgan fingerprint density at radius 2 is 1.87 bits per heavy atom. The van der Waals surface area contributed by atoms with Gasteiger partial charge in [0.1, 0.15) is 12.0 Å². The molecule has 4 rings (SSSR count). The van der Waals surface area contributed by atoms with Gasteiger partial charge in [0.15, 0.2) is 17.4 Å². The number of anilines is 4. The molecule has 1 aromatic heterocycles. The third-order valence-corrected chi connectivity index (χ3v) is 5.68. The molecule has 1 aliphatic rings. The van der Waals surface area contributed by atoms with Gasteiger partial charge >= 0.3 is 0 Å². The predicted octanol–water partition coefficient (Wildman–Crippen LogP) is 4.46. The minimum Gasteiger partial charge on any atom is -0.393 e. The van der Waals surface area contributed by atoms with Gasteiger partial charge in [-0.1, -0.05) is 42.5 Å². The Balaban J connectivity index is 1.43. The first-order valence-electron chi connectivity index (χ1n) is 10.4. The molecule has 2 heterocycles. The maximum atomic E-state index is 11.6. The molecular weight excluding hydrogens is 374 g/mol. The van der Waals surface area contributed by atoms with Crippen molar-refractivity contribution in [3.63, 3.8) is 0 Å². The summed E-state index contributed by atoms with van der Waals surface area (Å²) >= 11 is 0. The van der Waals surface area contributed by atoms with Crippen LogP contribution in [-0.4, -0.2) is 28.8 Å². The Kier molecular flexibility index (Phi) is 5.93. The van der Waals surface area contributed by atoms with E-state index in [2.05, 4.69) is 50.5 Å². The largest absolute Gasteiger partial charge is 0.393 e. The summed E-state index contributed by atoms with van der Waals surface area (Å²) < 4.78 is 0. The van der Waals surface area contributed by atoms with Gasteiger partial charge in [0.05, 0.1) is 0 Å². The lowest BCUT2D eigenvalue weighted by molar-refractivity contribution is 0.101. The fraction of sp³-hybridized carbons (Fsp3) is 0.292. The molecular formula is C24H27N5O. The number of nitrogens with one attached hydrogen (secondary N) is 1. The average molecular weight is 402 g/mol. The number of carbonyl (C=O) groups excluding carboxylic acids is 1. The Labute approximate surface area is 177 Å². The minimum absolute atomic E-state index is 0.0216. The van der Waals surface area contributed by atoms with Crippen LogP contribution in [0.25, 0.3) is 0 Å². The smallest absolute Gasteiger partial charge is 0.159 e. The molecule has 3 N–H and O–H groups in total. The highest BCUT2D eigenvalue weighted by atomic mass is 16.1. The van der Waals surface area contributed by atoms with Gasteiger partial charge in [-0.2, -0.15) is 0 Å². The maximum absolute atomic E-state index is 11.6. The fourth-order valence-electron chi connectivity index (χ4n) is 3.99. The second-order valence-electron chi connectivity index (χ2n) is 7.84. The summed E-state index contributed by atoms with van der Waals surface area (Å²) in [6.07, 6.45) is 4.88. The molecule has 3 aromatic rings. The zero-order valence-corrected chi connectivity index (χ0v) is 17.2. The van der Waals surface area contributed by atoms with Crippen molar-refractivity contribution in [2.24, 2.45) is 5.92 Å². The molecule has 0 bridgehead atoms. The molecule has 1 fully saturated rings. The van der Waals surface area contributed by atoms with E-state index in [0.717, 1.165) is 43.9 Å². The van der Waals surface area contributed by atoms with Gasteiger partial charge in [-0.3, -0.25) is 4.79 Å². The molecule has 0 saturated carbocycles. The molecule has 154 valence electrons. The van der Waals surface area contributed by atoms with Crippen LogP contribution in [0.3, 0.4) is 0 Å². The van der Waals surface area contributed by atoms with Crippen LogP contribution in [0, 0.1) is 5.92 Å². The van der Waals surface area contributed by atoms with Crippen molar-refractivity contribution in [3.8, 4) is 0 Å². The Hall–Kier alpha value is -3.41. The Bertz CT molecular complexity index is 1010. The topological polar surface area (TPSA) is 84.1 Å². The molecule has 1 aliphatic heterocycles.